The predicted octanol–water partition coefficient (Wildman–Crippen LogP) is 4.25. The van der Waals surface area contributed by atoms with Gasteiger partial charge in [-0.3, -0.25) is 0 Å². The third-order valence-electron chi connectivity index (χ3n) is 2.95. The Balaban J connectivity index is 3.43. The highest BCUT2D eigenvalue weighted by Gasteiger charge is 2.99. The van der Waals surface area contributed by atoms with Crippen LogP contribution in [0.5, 0.6) is 0 Å². The lowest BCUT2D eigenvalue weighted by atomic mass is 9.91. The van der Waals surface area contributed by atoms with Crippen molar-refractivity contribution in [2.45, 2.75) is 48.6 Å². The van der Waals surface area contributed by atoms with Gasteiger partial charge in [-0.25, -0.2) is 4.39 Å². The van der Waals surface area contributed by atoms with Crippen LogP contribution in [-0.2, 0) is 0 Å². The molecule has 0 N–H and O–H groups in total. The minimum Gasteiger partial charge on any atom is -0.230 e. The lowest BCUT2D eigenvalue weighted by molar-refractivity contribution is -0.303. The average molecular weight is 287 g/mol. The van der Waals surface area contributed by atoms with Gasteiger partial charge in [0.2, 0.25) is 5.67 Å². The van der Waals surface area contributed by atoms with Crippen LogP contribution in [0.2, 0.25) is 0 Å². The van der Waals surface area contributed by atoms with Crippen molar-refractivity contribution in [3.05, 3.63) is 6.92 Å². The minimum absolute atomic E-state index is 0.338. The molecule has 0 aromatic heterocycles. The second kappa shape index (κ2) is 3.69. The van der Waals surface area contributed by atoms with E-state index in [-0.39, 0.29) is 6.42 Å². The molecule has 0 amide bonds. The number of rotatable bonds is 3. The molecule has 0 nitrogen and oxygen atoms in total. The van der Waals surface area contributed by atoms with E-state index in [4.69, 9.17) is 0 Å². The van der Waals surface area contributed by atoms with Crippen LogP contribution in [0, 0.1) is 6.92 Å². The molecule has 18 heavy (non-hydrogen) atoms. The summed E-state index contributed by atoms with van der Waals surface area (Å²) < 4.78 is 116. The van der Waals surface area contributed by atoms with Crippen molar-refractivity contribution in [3.63, 3.8) is 0 Å². The summed E-state index contributed by atoms with van der Waals surface area (Å²) in [5.74, 6) is -25.2. The van der Waals surface area contributed by atoms with Crippen LogP contribution in [-0.4, -0.2) is 29.4 Å². The van der Waals surface area contributed by atoms with Crippen molar-refractivity contribution in [1.29, 1.82) is 0 Å². The van der Waals surface area contributed by atoms with E-state index >= 15 is 0 Å². The highest BCUT2D eigenvalue weighted by atomic mass is 19.4. The Kier molecular flexibility index (Phi) is 3.16. The quantitative estimate of drug-likeness (QED) is 0.681. The van der Waals surface area contributed by atoms with Crippen LogP contribution in [0.3, 0.4) is 0 Å². The van der Waals surface area contributed by atoms with Crippen molar-refractivity contribution in [1.82, 2.24) is 0 Å². The molecule has 0 spiro atoms. The van der Waals surface area contributed by atoms with Gasteiger partial charge in [-0.2, -0.15) is 35.1 Å². The third kappa shape index (κ3) is 1.30. The Morgan fingerprint density at radius 2 is 0.944 bits per heavy atom. The first-order chi connectivity index (χ1) is 7.81. The maximum Gasteiger partial charge on any atom is 0.381 e. The summed E-state index contributed by atoms with van der Waals surface area (Å²) in [6, 6.07) is 0. The number of alkyl halides is 9. The molecule has 1 aliphatic carbocycles. The van der Waals surface area contributed by atoms with Crippen molar-refractivity contribution in [3.8, 4) is 0 Å². The lowest BCUT2D eigenvalue weighted by Crippen LogP contribution is -2.54. The van der Waals surface area contributed by atoms with E-state index < -0.39 is 42.2 Å². The normalized spacial score (nSPS) is 30.3. The Labute approximate surface area is 96.1 Å². The monoisotopic (exact) mass is 287 g/mol. The highest BCUT2D eigenvalue weighted by Crippen LogP contribution is 2.70. The van der Waals surface area contributed by atoms with Gasteiger partial charge >= 0.3 is 23.7 Å². The third-order valence-corrected chi connectivity index (χ3v) is 2.95. The smallest absolute Gasteiger partial charge is 0.230 e. The highest BCUT2D eigenvalue weighted by molar-refractivity contribution is 5.26. The molecular weight excluding hydrogens is 279 g/mol. The SMILES string of the molecule is [CH2]CCCC1(F)C(F)(F)C(F)(F)C(F)(F)C1(F)F. The number of halogens is 9. The second-order valence-corrected chi connectivity index (χ2v) is 4.06. The fourth-order valence-electron chi connectivity index (χ4n) is 1.77. The van der Waals surface area contributed by atoms with Gasteiger partial charge in [0.25, 0.3) is 0 Å². The second-order valence-electron chi connectivity index (χ2n) is 4.06. The predicted molar refractivity (Wildman–Crippen MR) is 42.8 cm³/mol. The molecule has 1 saturated carbocycles. The Hall–Kier alpha value is -0.630. The van der Waals surface area contributed by atoms with E-state index in [1.54, 1.807) is 0 Å². The summed E-state index contributed by atoms with van der Waals surface area (Å²) >= 11 is 0. The van der Waals surface area contributed by atoms with Crippen LogP contribution < -0.4 is 0 Å². The fourth-order valence-corrected chi connectivity index (χ4v) is 1.77. The van der Waals surface area contributed by atoms with Crippen molar-refractivity contribution in [2.24, 2.45) is 0 Å². The summed E-state index contributed by atoms with van der Waals surface area (Å²) in [6.45, 7) is 3.01. The van der Waals surface area contributed by atoms with Gasteiger partial charge in [-0.1, -0.05) is 13.3 Å². The first-order valence-electron chi connectivity index (χ1n) is 4.80. The van der Waals surface area contributed by atoms with Crippen molar-refractivity contribution < 1.29 is 39.5 Å². The van der Waals surface area contributed by atoms with Crippen LogP contribution in [0.4, 0.5) is 39.5 Å². The number of unbranched alkanes of at least 4 members (excludes halogenated alkanes) is 1. The molecule has 1 radical (unpaired) electrons. The van der Waals surface area contributed by atoms with Gasteiger partial charge in [0.1, 0.15) is 0 Å². The summed E-state index contributed by atoms with van der Waals surface area (Å²) in [5, 5.41) is 0. The van der Waals surface area contributed by atoms with Gasteiger partial charge in [-0.05, 0) is 12.8 Å². The molecule has 0 unspecified atom stereocenters. The lowest BCUT2D eigenvalue weighted by Gasteiger charge is -2.30. The molecule has 0 saturated heterocycles. The zero-order chi connectivity index (χ0) is 14.6. The van der Waals surface area contributed by atoms with Crippen LogP contribution in [0.15, 0.2) is 0 Å². The average Bonchev–Trinajstić information content (AvgIpc) is 2.27. The summed E-state index contributed by atoms with van der Waals surface area (Å²) in [4.78, 5) is 0. The zero-order valence-corrected chi connectivity index (χ0v) is 8.73. The molecule has 0 aliphatic heterocycles. The van der Waals surface area contributed by atoms with E-state index in [9.17, 15) is 39.5 Å². The molecule has 1 aliphatic rings. The molecule has 1 fully saturated rings. The molecule has 9 heteroatoms. The van der Waals surface area contributed by atoms with Gasteiger partial charge in [0, 0.05) is 0 Å². The molecule has 1 rings (SSSR count). The Morgan fingerprint density at radius 3 is 1.22 bits per heavy atom. The van der Waals surface area contributed by atoms with E-state index in [1.807, 2.05) is 0 Å². The van der Waals surface area contributed by atoms with E-state index in [0.29, 0.717) is 0 Å². The number of hydrogen-bond donors (Lipinski definition) is 0. The summed E-state index contributed by atoms with van der Waals surface area (Å²) in [5.41, 5.74) is -5.30. The molecular formula is C9H8F9. The largest absolute Gasteiger partial charge is 0.381 e. The van der Waals surface area contributed by atoms with Crippen LogP contribution >= 0.6 is 0 Å². The molecule has 107 valence electrons. The first kappa shape index (κ1) is 15.4. The number of hydrogen-bond acceptors (Lipinski definition) is 0. The Morgan fingerprint density at radius 1 is 0.611 bits per heavy atom. The van der Waals surface area contributed by atoms with E-state index in [1.165, 1.54) is 0 Å². The van der Waals surface area contributed by atoms with E-state index in [2.05, 4.69) is 6.92 Å². The van der Waals surface area contributed by atoms with Crippen molar-refractivity contribution >= 4 is 0 Å². The van der Waals surface area contributed by atoms with Crippen molar-refractivity contribution in [2.75, 3.05) is 0 Å². The molecule has 0 aromatic rings. The zero-order valence-electron chi connectivity index (χ0n) is 8.73. The Bertz CT molecular complexity index is 307. The van der Waals surface area contributed by atoms with Crippen LogP contribution in [0.25, 0.3) is 0 Å². The molecule has 0 heterocycles. The minimum atomic E-state index is -6.46. The van der Waals surface area contributed by atoms with E-state index in [0.717, 1.165) is 0 Å². The van der Waals surface area contributed by atoms with Gasteiger partial charge in [0.05, 0.1) is 0 Å². The maximum atomic E-state index is 13.6. The van der Waals surface area contributed by atoms with Crippen LogP contribution in [0.1, 0.15) is 19.3 Å². The standard InChI is InChI=1S/C9H8F9/c1-2-3-4-5(10)6(11,12)8(15,16)9(17,18)7(5,13)14/h1-4H2. The van der Waals surface area contributed by atoms with Gasteiger partial charge in [-0.15, -0.1) is 0 Å². The fraction of sp³-hybridized carbons (Fsp3) is 0.889. The van der Waals surface area contributed by atoms with Gasteiger partial charge < -0.3 is 0 Å². The first-order valence-corrected chi connectivity index (χ1v) is 4.80. The van der Waals surface area contributed by atoms with Gasteiger partial charge in [0.15, 0.2) is 0 Å². The topological polar surface area (TPSA) is 0 Å². The maximum absolute atomic E-state index is 13.6. The molecule has 0 bridgehead atoms. The summed E-state index contributed by atoms with van der Waals surface area (Å²) in [6.07, 6.45) is -2.93. The molecule has 0 atom stereocenters. The summed E-state index contributed by atoms with van der Waals surface area (Å²) in [7, 11) is 0. The molecule has 0 aromatic carbocycles.